The van der Waals surface area contributed by atoms with E-state index in [9.17, 15) is 4.79 Å². The van der Waals surface area contributed by atoms with Crippen LogP contribution in [-0.4, -0.2) is 38.3 Å². The lowest BCUT2D eigenvalue weighted by Gasteiger charge is -2.23. The summed E-state index contributed by atoms with van der Waals surface area (Å²) in [7, 11) is 0. The first-order valence-electron chi connectivity index (χ1n) is 8.85. The maximum Gasteiger partial charge on any atom is 0.226 e. The zero-order valence-corrected chi connectivity index (χ0v) is 16.1. The standard InChI is InChI=1S/C20H24N2O4.ClH/c1-2-25-16-7-9-17(10-8-16)26-19-6-4-3-5-18(19)22-20(23)13-15-14-24-12-11-21-15;/h3-10,15,21H,2,11-14H2,1H3,(H,22,23);1H. The highest BCUT2D eigenvalue weighted by Gasteiger charge is 2.17. The Morgan fingerprint density at radius 3 is 2.63 bits per heavy atom. The maximum absolute atomic E-state index is 12.3. The summed E-state index contributed by atoms with van der Waals surface area (Å²) in [5, 5.41) is 6.20. The van der Waals surface area contributed by atoms with E-state index in [1.807, 2.05) is 55.5 Å². The van der Waals surface area contributed by atoms with E-state index in [0.29, 0.717) is 43.4 Å². The molecule has 2 aromatic carbocycles. The molecule has 3 rings (SSSR count). The van der Waals surface area contributed by atoms with Gasteiger partial charge in [0, 0.05) is 19.0 Å². The average Bonchev–Trinajstić information content (AvgIpc) is 2.66. The molecule has 1 heterocycles. The number of halogens is 1. The quantitative estimate of drug-likeness (QED) is 0.753. The zero-order chi connectivity index (χ0) is 18.2. The van der Waals surface area contributed by atoms with Crippen LogP contribution in [0.15, 0.2) is 48.5 Å². The fraction of sp³-hybridized carbons (Fsp3) is 0.350. The van der Waals surface area contributed by atoms with Crippen LogP contribution in [0, 0.1) is 0 Å². The first-order chi connectivity index (χ1) is 12.7. The molecule has 2 aromatic rings. The molecule has 0 saturated carbocycles. The molecule has 2 N–H and O–H groups in total. The van der Waals surface area contributed by atoms with Gasteiger partial charge in [0.1, 0.15) is 11.5 Å². The Hall–Kier alpha value is -2.28. The molecule has 0 aromatic heterocycles. The third-order valence-electron chi connectivity index (χ3n) is 3.95. The number of anilines is 1. The Morgan fingerprint density at radius 2 is 1.93 bits per heavy atom. The molecule has 7 heteroatoms. The van der Waals surface area contributed by atoms with Crippen LogP contribution < -0.4 is 20.1 Å². The van der Waals surface area contributed by atoms with E-state index < -0.39 is 0 Å². The van der Waals surface area contributed by atoms with Gasteiger partial charge in [0.05, 0.1) is 25.5 Å². The monoisotopic (exact) mass is 392 g/mol. The normalized spacial score (nSPS) is 16.1. The molecule has 0 bridgehead atoms. The second kappa shape index (κ2) is 10.8. The number of carbonyl (C=O) groups is 1. The lowest BCUT2D eigenvalue weighted by Crippen LogP contribution is -2.43. The number of hydrogen-bond donors (Lipinski definition) is 2. The molecule has 6 nitrogen and oxygen atoms in total. The predicted molar refractivity (Wildman–Crippen MR) is 107 cm³/mol. The van der Waals surface area contributed by atoms with Crippen LogP contribution in [-0.2, 0) is 9.53 Å². The summed E-state index contributed by atoms with van der Waals surface area (Å²) in [6.07, 6.45) is 0.359. The van der Waals surface area contributed by atoms with Gasteiger partial charge >= 0.3 is 0 Å². The highest BCUT2D eigenvalue weighted by atomic mass is 35.5. The molecule has 0 spiro atoms. The average molecular weight is 393 g/mol. The lowest BCUT2D eigenvalue weighted by molar-refractivity contribution is -0.117. The van der Waals surface area contributed by atoms with Crippen molar-refractivity contribution < 1.29 is 19.0 Å². The summed E-state index contributed by atoms with van der Waals surface area (Å²) in [6.45, 7) is 4.58. The second-order valence-electron chi connectivity index (χ2n) is 5.98. The highest BCUT2D eigenvalue weighted by molar-refractivity contribution is 5.92. The van der Waals surface area contributed by atoms with E-state index >= 15 is 0 Å². The van der Waals surface area contributed by atoms with Crippen molar-refractivity contribution in [2.45, 2.75) is 19.4 Å². The largest absolute Gasteiger partial charge is 0.494 e. The summed E-state index contributed by atoms with van der Waals surface area (Å²) >= 11 is 0. The first-order valence-corrected chi connectivity index (χ1v) is 8.85. The van der Waals surface area contributed by atoms with Crippen LogP contribution in [0.5, 0.6) is 17.2 Å². The molecule has 146 valence electrons. The van der Waals surface area contributed by atoms with Crippen molar-refractivity contribution in [1.82, 2.24) is 5.32 Å². The van der Waals surface area contributed by atoms with Crippen molar-refractivity contribution in [1.29, 1.82) is 0 Å². The van der Waals surface area contributed by atoms with Gasteiger partial charge in [0.2, 0.25) is 5.91 Å². The smallest absolute Gasteiger partial charge is 0.226 e. The van der Waals surface area contributed by atoms with E-state index in [-0.39, 0.29) is 24.4 Å². The summed E-state index contributed by atoms with van der Waals surface area (Å²) in [5.41, 5.74) is 0.642. The number of carbonyl (C=O) groups excluding carboxylic acids is 1. The number of nitrogens with one attached hydrogen (secondary N) is 2. The molecule has 27 heavy (non-hydrogen) atoms. The van der Waals surface area contributed by atoms with Gasteiger partial charge in [-0.3, -0.25) is 4.79 Å². The van der Waals surface area contributed by atoms with Crippen LogP contribution >= 0.6 is 12.4 Å². The Morgan fingerprint density at radius 1 is 1.19 bits per heavy atom. The van der Waals surface area contributed by atoms with E-state index in [1.54, 1.807) is 0 Å². The highest BCUT2D eigenvalue weighted by Crippen LogP contribution is 2.30. The molecule has 1 unspecified atom stereocenters. The van der Waals surface area contributed by atoms with Crippen molar-refractivity contribution in [2.24, 2.45) is 0 Å². The van der Waals surface area contributed by atoms with Gasteiger partial charge in [-0.05, 0) is 43.3 Å². The minimum Gasteiger partial charge on any atom is -0.494 e. The van der Waals surface area contributed by atoms with Gasteiger partial charge in [-0.25, -0.2) is 0 Å². The second-order valence-corrected chi connectivity index (χ2v) is 5.98. The number of ether oxygens (including phenoxy) is 3. The van der Waals surface area contributed by atoms with Crippen LogP contribution in [0.4, 0.5) is 5.69 Å². The number of para-hydroxylation sites is 2. The molecular weight excluding hydrogens is 368 g/mol. The number of rotatable bonds is 7. The molecule has 0 aliphatic carbocycles. The van der Waals surface area contributed by atoms with Gasteiger partial charge in [-0.1, -0.05) is 12.1 Å². The molecular formula is C20H25ClN2O4. The van der Waals surface area contributed by atoms with Gasteiger partial charge < -0.3 is 24.8 Å². The Balaban J connectivity index is 0.00000261. The molecule has 1 aliphatic rings. The van der Waals surface area contributed by atoms with Crippen molar-refractivity contribution in [3.63, 3.8) is 0 Å². The summed E-state index contributed by atoms with van der Waals surface area (Å²) in [5.74, 6) is 2.00. The molecule has 1 atom stereocenters. The van der Waals surface area contributed by atoms with Gasteiger partial charge in [0.15, 0.2) is 5.75 Å². The van der Waals surface area contributed by atoms with Crippen molar-refractivity contribution in [2.75, 3.05) is 31.7 Å². The maximum atomic E-state index is 12.3. The summed E-state index contributed by atoms with van der Waals surface area (Å²) in [4.78, 5) is 12.3. The molecule has 0 radical (unpaired) electrons. The number of morpholine rings is 1. The van der Waals surface area contributed by atoms with Gasteiger partial charge in [0.25, 0.3) is 0 Å². The van der Waals surface area contributed by atoms with E-state index in [1.165, 1.54) is 0 Å². The fourth-order valence-electron chi connectivity index (χ4n) is 2.73. The summed E-state index contributed by atoms with van der Waals surface area (Å²) in [6, 6.07) is 14.8. The van der Waals surface area contributed by atoms with Crippen molar-refractivity contribution in [3.05, 3.63) is 48.5 Å². The van der Waals surface area contributed by atoms with Gasteiger partial charge in [-0.15, -0.1) is 12.4 Å². The number of benzene rings is 2. The number of amides is 1. The first kappa shape index (κ1) is 21.0. The number of hydrogen-bond acceptors (Lipinski definition) is 5. The van der Waals surface area contributed by atoms with Crippen LogP contribution in [0.1, 0.15) is 13.3 Å². The van der Waals surface area contributed by atoms with Crippen LogP contribution in [0.25, 0.3) is 0 Å². The Bertz CT molecular complexity index is 718. The SMILES string of the molecule is CCOc1ccc(Oc2ccccc2NC(=O)CC2COCCN2)cc1.Cl. The third kappa shape index (κ3) is 6.43. The minimum absolute atomic E-state index is 0. The zero-order valence-electron chi connectivity index (χ0n) is 15.3. The van der Waals surface area contributed by atoms with E-state index in [0.717, 1.165) is 12.3 Å². The molecule has 1 fully saturated rings. The molecule has 1 saturated heterocycles. The molecule has 1 amide bonds. The minimum atomic E-state index is -0.0734. The van der Waals surface area contributed by atoms with Crippen molar-refractivity contribution >= 4 is 24.0 Å². The Kier molecular flexibility index (Phi) is 8.39. The third-order valence-corrected chi connectivity index (χ3v) is 3.95. The molecule has 1 aliphatic heterocycles. The lowest BCUT2D eigenvalue weighted by atomic mass is 10.2. The van der Waals surface area contributed by atoms with Crippen molar-refractivity contribution in [3.8, 4) is 17.2 Å². The van der Waals surface area contributed by atoms with E-state index in [2.05, 4.69) is 10.6 Å². The summed E-state index contributed by atoms with van der Waals surface area (Å²) < 4.78 is 16.7. The Labute approximate surface area is 165 Å². The fourth-order valence-corrected chi connectivity index (χ4v) is 2.73. The van der Waals surface area contributed by atoms with Gasteiger partial charge in [-0.2, -0.15) is 0 Å². The van der Waals surface area contributed by atoms with Crippen LogP contribution in [0.3, 0.4) is 0 Å². The van der Waals surface area contributed by atoms with Crippen LogP contribution in [0.2, 0.25) is 0 Å². The topological polar surface area (TPSA) is 68.8 Å². The predicted octanol–water partition coefficient (Wildman–Crippen LogP) is 3.62. The van der Waals surface area contributed by atoms with E-state index in [4.69, 9.17) is 14.2 Å².